The SMILES string of the molecule is C=C(Oc1ccc(C#N)cc1F)C(=O)c1cccc(C(=O)OC)c1. The lowest BCUT2D eigenvalue weighted by atomic mass is 10.1. The summed E-state index contributed by atoms with van der Waals surface area (Å²) in [6, 6.07) is 11.2. The summed E-state index contributed by atoms with van der Waals surface area (Å²) < 4.78 is 23.5. The minimum Gasteiger partial charge on any atom is -0.465 e. The Morgan fingerprint density at radius 3 is 2.50 bits per heavy atom. The molecule has 2 rings (SSSR count). The number of allylic oxidation sites excluding steroid dienone is 1. The van der Waals surface area contributed by atoms with E-state index in [0.29, 0.717) is 0 Å². The summed E-state index contributed by atoms with van der Waals surface area (Å²) >= 11 is 0. The van der Waals surface area contributed by atoms with Crippen LogP contribution in [0.4, 0.5) is 4.39 Å². The molecule has 0 amide bonds. The molecule has 0 heterocycles. The van der Waals surface area contributed by atoms with Crippen LogP contribution in [0.15, 0.2) is 54.8 Å². The van der Waals surface area contributed by atoms with Crippen LogP contribution in [-0.2, 0) is 4.74 Å². The first-order valence-electron chi connectivity index (χ1n) is 6.75. The van der Waals surface area contributed by atoms with Gasteiger partial charge in [0.15, 0.2) is 17.3 Å². The van der Waals surface area contributed by atoms with E-state index < -0.39 is 17.6 Å². The summed E-state index contributed by atoms with van der Waals surface area (Å²) in [5.41, 5.74) is 0.472. The normalized spacial score (nSPS) is 9.71. The van der Waals surface area contributed by atoms with Crippen molar-refractivity contribution < 1.29 is 23.5 Å². The number of esters is 1. The predicted molar refractivity (Wildman–Crippen MR) is 83.0 cm³/mol. The monoisotopic (exact) mass is 325 g/mol. The third kappa shape index (κ3) is 3.65. The molecule has 24 heavy (non-hydrogen) atoms. The summed E-state index contributed by atoms with van der Waals surface area (Å²) in [6.07, 6.45) is 0. The number of ether oxygens (including phenoxy) is 2. The molecule has 0 spiro atoms. The van der Waals surface area contributed by atoms with Crippen molar-refractivity contribution >= 4 is 11.8 Å². The van der Waals surface area contributed by atoms with Gasteiger partial charge in [0.2, 0.25) is 5.78 Å². The molecule has 0 bridgehead atoms. The molecule has 0 N–H and O–H groups in total. The van der Waals surface area contributed by atoms with E-state index in [4.69, 9.17) is 10.00 Å². The molecule has 0 atom stereocenters. The average Bonchev–Trinajstić information content (AvgIpc) is 2.61. The number of nitrogens with zero attached hydrogens (tertiary/aromatic N) is 1. The lowest BCUT2D eigenvalue weighted by Crippen LogP contribution is -2.10. The number of methoxy groups -OCH3 is 1. The fourth-order valence-electron chi connectivity index (χ4n) is 1.90. The van der Waals surface area contributed by atoms with Crippen LogP contribution in [0.2, 0.25) is 0 Å². The second-order valence-corrected chi connectivity index (χ2v) is 4.68. The van der Waals surface area contributed by atoms with Gasteiger partial charge in [-0.3, -0.25) is 4.79 Å². The highest BCUT2D eigenvalue weighted by atomic mass is 19.1. The lowest BCUT2D eigenvalue weighted by molar-refractivity contribution is 0.0600. The number of halogens is 1. The Kier molecular flexibility index (Phi) is 5.07. The van der Waals surface area contributed by atoms with E-state index in [9.17, 15) is 14.0 Å². The number of hydrogen-bond donors (Lipinski definition) is 0. The second kappa shape index (κ2) is 7.20. The maximum Gasteiger partial charge on any atom is 0.337 e. The Hall–Kier alpha value is -3.46. The van der Waals surface area contributed by atoms with Crippen molar-refractivity contribution in [2.45, 2.75) is 0 Å². The number of benzene rings is 2. The third-order valence-electron chi connectivity index (χ3n) is 3.09. The van der Waals surface area contributed by atoms with Crippen LogP contribution in [0.3, 0.4) is 0 Å². The largest absolute Gasteiger partial charge is 0.465 e. The smallest absolute Gasteiger partial charge is 0.337 e. The fraction of sp³-hybridized carbons (Fsp3) is 0.0556. The van der Waals surface area contributed by atoms with Crippen molar-refractivity contribution in [2.75, 3.05) is 7.11 Å². The molecule has 0 fully saturated rings. The Morgan fingerprint density at radius 2 is 1.88 bits per heavy atom. The number of carbonyl (C=O) groups excluding carboxylic acids is 2. The summed E-state index contributed by atoms with van der Waals surface area (Å²) in [7, 11) is 1.23. The highest BCUT2D eigenvalue weighted by Gasteiger charge is 2.16. The van der Waals surface area contributed by atoms with Crippen molar-refractivity contribution in [2.24, 2.45) is 0 Å². The highest BCUT2D eigenvalue weighted by molar-refractivity contribution is 6.08. The first kappa shape index (κ1) is 16.9. The highest BCUT2D eigenvalue weighted by Crippen LogP contribution is 2.21. The Morgan fingerprint density at radius 1 is 1.17 bits per heavy atom. The van der Waals surface area contributed by atoms with Crippen LogP contribution in [0.1, 0.15) is 26.3 Å². The molecule has 0 aliphatic heterocycles. The van der Waals surface area contributed by atoms with Crippen LogP contribution < -0.4 is 4.74 Å². The van der Waals surface area contributed by atoms with Crippen LogP contribution in [-0.4, -0.2) is 18.9 Å². The molecule has 2 aromatic rings. The van der Waals surface area contributed by atoms with Crippen LogP contribution in [0.5, 0.6) is 5.75 Å². The number of Topliss-reactive ketones (excluding diaryl/α,β-unsaturated/α-hetero) is 1. The Balaban J connectivity index is 2.20. The molecule has 120 valence electrons. The van der Waals surface area contributed by atoms with E-state index >= 15 is 0 Å². The van der Waals surface area contributed by atoms with Gasteiger partial charge in [-0.2, -0.15) is 5.26 Å². The van der Waals surface area contributed by atoms with Gasteiger partial charge in [0.25, 0.3) is 0 Å². The zero-order valence-electron chi connectivity index (χ0n) is 12.7. The van der Waals surface area contributed by atoms with E-state index in [-0.39, 0.29) is 28.2 Å². The summed E-state index contributed by atoms with van der Waals surface area (Å²) in [6.45, 7) is 3.49. The molecule has 0 aliphatic rings. The third-order valence-corrected chi connectivity index (χ3v) is 3.09. The molecule has 5 nitrogen and oxygen atoms in total. The molecule has 0 saturated carbocycles. The van der Waals surface area contributed by atoms with Crippen LogP contribution >= 0.6 is 0 Å². The van der Waals surface area contributed by atoms with Gasteiger partial charge < -0.3 is 9.47 Å². The molecule has 2 aromatic carbocycles. The van der Waals surface area contributed by atoms with Gasteiger partial charge in [-0.05, 0) is 30.3 Å². The first-order chi connectivity index (χ1) is 11.5. The van der Waals surface area contributed by atoms with Gasteiger partial charge in [0, 0.05) is 5.56 Å². The van der Waals surface area contributed by atoms with Gasteiger partial charge in [0.05, 0.1) is 24.3 Å². The molecular formula is C18H12FNO4. The van der Waals surface area contributed by atoms with Crippen molar-refractivity contribution in [3.05, 3.63) is 77.3 Å². The minimum atomic E-state index is -0.786. The maximum absolute atomic E-state index is 13.8. The molecule has 0 saturated heterocycles. The average molecular weight is 325 g/mol. The minimum absolute atomic E-state index is 0.127. The second-order valence-electron chi connectivity index (χ2n) is 4.68. The van der Waals surface area contributed by atoms with E-state index in [0.717, 1.165) is 6.07 Å². The van der Waals surface area contributed by atoms with Gasteiger partial charge in [-0.1, -0.05) is 18.7 Å². The van der Waals surface area contributed by atoms with Crippen LogP contribution in [0.25, 0.3) is 0 Å². The quantitative estimate of drug-likeness (QED) is 0.365. The topological polar surface area (TPSA) is 76.4 Å². The van der Waals surface area contributed by atoms with Gasteiger partial charge >= 0.3 is 5.97 Å². The Labute approximate surface area is 137 Å². The first-order valence-corrected chi connectivity index (χ1v) is 6.75. The van der Waals surface area contributed by atoms with Crippen molar-refractivity contribution in [3.8, 4) is 11.8 Å². The standard InChI is InChI=1S/C18H12FNO4/c1-11(24-16-7-6-12(10-20)8-15(16)19)17(21)13-4-3-5-14(9-13)18(22)23-2/h3-9H,1H2,2H3. The number of nitriles is 1. The zero-order valence-corrected chi connectivity index (χ0v) is 12.7. The summed E-state index contributed by atoms with van der Waals surface area (Å²) in [5, 5.41) is 8.70. The number of rotatable bonds is 5. The van der Waals surface area contributed by atoms with E-state index in [1.54, 1.807) is 6.07 Å². The fourth-order valence-corrected chi connectivity index (χ4v) is 1.90. The predicted octanol–water partition coefficient (Wildman–Crippen LogP) is 3.26. The van der Waals surface area contributed by atoms with Gasteiger partial charge in [0.1, 0.15) is 0 Å². The molecule has 0 aromatic heterocycles. The van der Waals surface area contributed by atoms with Crippen molar-refractivity contribution in [1.82, 2.24) is 0 Å². The van der Waals surface area contributed by atoms with Crippen LogP contribution in [0, 0.1) is 17.1 Å². The van der Waals surface area contributed by atoms with Crippen molar-refractivity contribution in [1.29, 1.82) is 5.26 Å². The van der Waals surface area contributed by atoms with Gasteiger partial charge in [-0.15, -0.1) is 0 Å². The molecule has 0 aliphatic carbocycles. The summed E-state index contributed by atoms with van der Waals surface area (Å²) in [4.78, 5) is 23.8. The molecule has 0 unspecified atom stereocenters. The zero-order chi connectivity index (χ0) is 17.7. The number of carbonyl (C=O) groups is 2. The van der Waals surface area contributed by atoms with E-state index in [1.807, 2.05) is 0 Å². The lowest BCUT2D eigenvalue weighted by Gasteiger charge is -2.09. The molecular weight excluding hydrogens is 313 g/mol. The van der Waals surface area contributed by atoms with Crippen molar-refractivity contribution in [3.63, 3.8) is 0 Å². The number of hydrogen-bond acceptors (Lipinski definition) is 5. The van der Waals surface area contributed by atoms with E-state index in [1.165, 1.54) is 43.5 Å². The summed E-state index contributed by atoms with van der Waals surface area (Å²) in [5.74, 6) is -2.53. The molecule has 0 radical (unpaired) electrons. The number of ketones is 1. The molecule has 6 heteroatoms. The van der Waals surface area contributed by atoms with E-state index in [2.05, 4.69) is 11.3 Å². The van der Waals surface area contributed by atoms with Gasteiger partial charge in [-0.25, -0.2) is 9.18 Å². The Bertz CT molecular complexity index is 868. The maximum atomic E-state index is 13.8.